The van der Waals surface area contributed by atoms with Crippen molar-refractivity contribution < 1.29 is 14.7 Å². The summed E-state index contributed by atoms with van der Waals surface area (Å²) in [5.74, 6) is 0.412. The lowest BCUT2D eigenvalue weighted by Crippen LogP contribution is -2.27. The van der Waals surface area contributed by atoms with E-state index in [9.17, 15) is 10.0 Å². The molecule has 0 bridgehead atoms. The van der Waals surface area contributed by atoms with E-state index in [1.807, 2.05) is 38.1 Å². The third-order valence-corrected chi connectivity index (χ3v) is 3.83. The van der Waals surface area contributed by atoms with Crippen molar-refractivity contribution in [2.75, 3.05) is 5.06 Å². The molecule has 0 radical (unpaired) electrons. The van der Waals surface area contributed by atoms with Crippen LogP contribution in [0.5, 0.6) is 5.75 Å². The number of hydrogen-bond acceptors (Lipinski definition) is 3. The van der Waals surface area contributed by atoms with E-state index in [4.69, 9.17) is 4.74 Å². The molecule has 24 heavy (non-hydrogen) atoms. The summed E-state index contributed by atoms with van der Waals surface area (Å²) in [7, 11) is 0. The first kappa shape index (κ1) is 17.8. The van der Waals surface area contributed by atoms with E-state index in [2.05, 4.69) is 12.6 Å². The van der Waals surface area contributed by atoms with Gasteiger partial charge in [-0.2, -0.15) is 5.06 Å². The minimum atomic E-state index is -0.371. The van der Waals surface area contributed by atoms with E-state index >= 15 is 0 Å². The number of benzene rings is 2. The molecule has 0 saturated carbocycles. The van der Waals surface area contributed by atoms with E-state index in [1.165, 1.54) is 5.56 Å². The van der Waals surface area contributed by atoms with Crippen molar-refractivity contribution >= 4 is 17.7 Å². The van der Waals surface area contributed by atoms with Gasteiger partial charge in [-0.3, -0.25) is 10.0 Å². The Balaban J connectivity index is 2.28. The van der Waals surface area contributed by atoms with Gasteiger partial charge in [-0.15, -0.1) is 0 Å². The second-order valence-electron chi connectivity index (χ2n) is 5.71. The molecule has 0 aliphatic rings. The van der Waals surface area contributed by atoms with Crippen LogP contribution in [0.15, 0.2) is 43.0 Å². The fourth-order valence-corrected chi connectivity index (χ4v) is 2.43. The normalized spacial score (nSPS) is 10.3. The Morgan fingerprint density at radius 1 is 1.25 bits per heavy atom. The molecular formula is C20H23NO3. The molecule has 0 aliphatic carbocycles. The quantitative estimate of drug-likeness (QED) is 0.621. The minimum Gasteiger partial charge on any atom is -0.489 e. The van der Waals surface area contributed by atoms with Crippen LogP contribution >= 0.6 is 0 Å². The summed E-state index contributed by atoms with van der Waals surface area (Å²) in [6.45, 7) is 9.70. The van der Waals surface area contributed by atoms with Gasteiger partial charge >= 0.3 is 0 Å². The van der Waals surface area contributed by atoms with Gasteiger partial charge in [0, 0.05) is 12.0 Å². The number of ether oxygens (including phenoxy) is 1. The zero-order chi connectivity index (χ0) is 17.7. The Labute approximate surface area is 143 Å². The summed E-state index contributed by atoms with van der Waals surface area (Å²) in [6, 6.07) is 11.4. The Bertz CT molecular complexity index is 753. The smallest absolute Gasteiger partial charge is 0.250 e. The van der Waals surface area contributed by atoms with Gasteiger partial charge in [0.15, 0.2) is 0 Å². The summed E-state index contributed by atoms with van der Waals surface area (Å²) >= 11 is 0. The molecule has 0 heterocycles. The molecule has 2 aromatic rings. The van der Waals surface area contributed by atoms with Gasteiger partial charge in [-0.1, -0.05) is 49.4 Å². The van der Waals surface area contributed by atoms with Crippen molar-refractivity contribution in [2.24, 2.45) is 0 Å². The molecule has 2 aromatic carbocycles. The van der Waals surface area contributed by atoms with Gasteiger partial charge in [0.1, 0.15) is 12.4 Å². The van der Waals surface area contributed by atoms with Crippen molar-refractivity contribution in [2.45, 2.75) is 33.8 Å². The Morgan fingerprint density at radius 3 is 2.62 bits per heavy atom. The second-order valence-corrected chi connectivity index (χ2v) is 5.71. The summed E-state index contributed by atoms with van der Waals surface area (Å²) in [4.78, 5) is 11.8. The molecule has 2 rings (SSSR count). The second kappa shape index (κ2) is 7.79. The van der Waals surface area contributed by atoms with Crippen LogP contribution in [0.1, 0.15) is 35.6 Å². The number of rotatable bonds is 6. The van der Waals surface area contributed by atoms with Crippen LogP contribution < -0.4 is 9.80 Å². The molecule has 126 valence electrons. The maximum Gasteiger partial charge on any atom is 0.250 e. The van der Waals surface area contributed by atoms with Gasteiger partial charge < -0.3 is 4.74 Å². The van der Waals surface area contributed by atoms with Crippen LogP contribution in [-0.2, 0) is 11.4 Å². The number of hydrogen-bond donors (Lipinski definition) is 1. The topological polar surface area (TPSA) is 49.8 Å². The van der Waals surface area contributed by atoms with Crippen LogP contribution in [-0.4, -0.2) is 11.1 Å². The highest BCUT2D eigenvalue weighted by Crippen LogP contribution is 2.26. The first-order chi connectivity index (χ1) is 11.5. The van der Waals surface area contributed by atoms with Crippen LogP contribution in [0.3, 0.4) is 0 Å². The van der Waals surface area contributed by atoms with Gasteiger partial charge in [0.05, 0.1) is 5.69 Å². The van der Waals surface area contributed by atoms with Gasteiger partial charge in [-0.05, 0) is 37.1 Å². The molecule has 0 fully saturated rings. The van der Waals surface area contributed by atoms with Crippen LogP contribution in [0, 0.1) is 13.8 Å². The van der Waals surface area contributed by atoms with Crippen molar-refractivity contribution in [3.05, 3.63) is 65.2 Å². The number of hydroxylamine groups is 1. The SMILES string of the molecule is C=Cc1ccc(COc2ccc(C)cc2C)c(N(O)C(=O)CC)c1. The Morgan fingerprint density at radius 2 is 2.00 bits per heavy atom. The van der Waals surface area contributed by atoms with Crippen molar-refractivity contribution in [1.29, 1.82) is 0 Å². The molecule has 0 atom stereocenters. The highest BCUT2D eigenvalue weighted by molar-refractivity contribution is 5.91. The van der Waals surface area contributed by atoms with E-state index in [0.717, 1.165) is 22.4 Å². The van der Waals surface area contributed by atoms with Crippen LogP contribution in [0.4, 0.5) is 5.69 Å². The lowest BCUT2D eigenvalue weighted by molar-refractivity contribution is -0.123. The number of anilines is 1. The van der Waals surface area contributed by atoms with Crippen molar-refractivity contribution in [1.82, 2.24) is 0 Å². The fourth-order valence-electron chi connectivity index (χ4n) is 2.43. The van der Waals surface area contributed by atoms with Crippen molar-refractivity contribution in [3.8, 4) is 5.75 Å². The summed E-state index contributed by atoms with van der Waals surface area (Å²) < 4.78 is 5.88. The number of carbonyl (C=O) groups is 1. The number of amides is 1. The molecule has 1 N–H and O–H groups in total. The molecule has 0 saturated heterocycles. The zero-order valence-electron chi connectivity index (χ0n) is 14.4. The predicted octanol–water partition coefficient (Wildman–Crippen LogP) is 4.66. The molecular weight excluding hydrogens is 302 g/mol. The number of nitrogens with zero attached hydrogens (tertiary/aromatic N) is 1. The summed E-state index contributed by atoms with van der Waals surface area (Å²) in [6.07, 6.45) is 1.88. The van der Waals surface area contributed by atoms with Gasteiger partial charge in [0.2, 0.25) is 5.91 Å². The predicted molar refractivity (Wildman–Crippen MR) is 96.3 cm³/mol. The lowest BCUT2D eigenvalue weighted by Gasteiger charge is -2.19. The molecule has 0 aromatic heterocycles. The van der Waals surface area contributed by atoms with Gasteiger partial charge in [0.25, 0.3) is 0 Å². The zero-order valence-corrected chi connectivity index (χ0v) is 14.4. The standard InChI is InChI=1S/C20H23NO3/c1-5-16-8-9-17(18(12-16)21(23)20(22)6-2)13-24-19-10-7-14(3)11-15(19)4/h5,7-12,23H,1,6,13H2,2-4H3. The highest BCUT2D eigenvalue weighted by atomic mass is 16.5. The maximum absolute atomic E-state index is 11.8. The first-order valence-electron chi connectivity index (χ1n) is 7.93. The van der Waals surface area contributed by atoms with E-state index in [-0.39, 0.29) is 18.9 Å². The molecule has 4 heteroatoms. The van der Waals surface area contributed by atoms with Crippen LogP contribution in [0.25, 0.3) is 6.08 Å². The lowest BCUT2D eigenvalue weighted by atomic mass is 10.1. The molecule has 0 spiro atoms. The third-order valence-electron chi connectivity index (χ3n) is 3.83. The largest absolute Gasteiger partial charge is 0.489 e. The molecule has 0 unspecified atom stereocenters. The van der Waals surface area contributed by atoms with Gasteiger partial charge in [-0.25, -0.2) is 0 Å². The van der Waals surface area contributed by atoms with E-state index in [1.54, 1.807) is 19.1 Å². The molecule has 1 amide bonds. The monoisotopic (exact) mass is 325 g/mol. The summed E-state index contributed by atoms with van der Waals surface area (Å²) in [5, 5.41) is 10.9. The van der Waals surface area contributed by atoms with E-state index in [0.29, 0.717) is 10.8 Å². The van der Waals surface area contributed by atoms with Crippen molar-refractivity contribution in [3.63, 3.8) is 0 Å². The maximum atomic E-state index is 11.8. The first-order valence-corrected chi connectivity index (χ1v) is 7.93. The number of aryl methyl sites for hydroxylation is 2. The average Bonchev–Trinajstić information content (AvgIpc) is 2.59. The third kappa shape index (κ3) is 4.03. The number of carbonyl (C=O) groups excluding carboxylic acids is 1. The average molecular weight is 325 g/mol. The van der Waals surface area contributed by atoms with E-state index < -0.39 is 0 Å². The molecule has 0 aliphatic heterocycles. The fraction of sp³-hybridized carbons (Fsp3) is 0.250. The minimum absolute atomic E-state index is 0.214. The Hall–Kier alpha value is -2.59. The highest BCUT2D eigenvalue weighted by Gasteiger charge is 2.16. The Kier molecular flexibility index (Phi) is 5.77. The molecule has 4 nitrogen and oxygen atoms in total. The summed E-state index contributed by atoms with van der Waals surface area (Å²) in [5.41, 5.74) is 4.19. The van der Waals surface area contributed by atoms with Crippen LogP contribution in [0.2, 0.25) is 0 Å².